The third-order valence-corrected chi connectivity index (χ3v) is 5.48. The van der Waals surface area contributed by atoms with Gasteiger partial charge in [-0.05, 0) is 53.6 Å². The van der Waals surface area contributed by atoms with Crippen LogP contribution in [0.2, 0.25) is 5.02 Å². The minimum absolute atomic E-state index is 0.109. The van der Waals surface area contributed by atoms with Gasteiger partial charge in [-0.1, -0.05) is 29.8 Å². The minimum Gasteiger partial charge on any atom is -0.484 e. The van der Waals surface area contributed by atoms with E-state index in [1.54, 1.807) is 37.4 Å². The molecule has 0 fully saturated rings. The van der Waals surface area contributed by atoms with E-state index >= 15 is 0 Å². The van der Waals surface area contributed by atoms with Gasteiger partial charge in [0.2, 0.25) is 5.91 Å². The van der Waals surface area contributed by atoms with Crippen molar-refractivity contribution in [3.8, 4) is 16.9 Å². The molecular weight excluding hydrogens is 409 g/mol. The van der Waals surface area contributed by atoms with Crippen molar-refractivity contribution >= 4 is 23.5 Å². The molecule has 2 atom stereocenters. The van der Waals surface area contributed by atoms with Gasteiger partial charge in [-0.25, -0.2) is 9.18 Å². The number of nitrogens with one attached hydrogen (secondary N) is 1. The van der Waals surface area contributed by atoms with Crippen molar-refractivity contribution in [2.75, 3.05) is 7.05 Å². The number of benzene rings is 3. The van der Waals surface area contributed by atoms with Crippen LogP contribution in [0.5, 0.6) is 5.75 Å². The zero-order valence-electron chi connectivity index (χ0n) is 15.9. The smallest absolute Gasteiger partial charge is 0.335 e. The molecule has 1 aliphatic heterocycles. The number of aromatic carboxylic acids is 1. The maximum absolute atomic E-state index is 13.4. The van der Waals surface area contributed by atoms with Crippen molar-refractivity contribution in [2.24, 2.45) is 0 Å². The second-order valence-corrected chi connectivity index (χ2v) is 7.34. The molecule has 30 heavy (non-hydrogen) atoms. The normalized spacial score (nSPS) is 17.2. The lowest BCUT2D eigenvalue weighted by molar-refractivity contribution is -0.123. The Balaban J connectivity index is 1.80. The zero-order valence-corrected chi connectivity index (χ0v) is 16.6. The van der Waals surface area contributed by atoms with Crippen molar-refractivity contribution in [1.82, 2.24) is 5.32 Å². The SMILES string of the molecule is CNC(=O)C1c2cc(-c3cc(C(=O)O)ccc3Cl)ccc2OC1c1ccc(F)cc1. The van der Waals surface area contributed by atoms with E-state index in [1.807, 2.05) is 0 Å². The van der Waals surface area contributed by atoms with Crippen LogP contribution in [-0.4, -0.2) is 24.0 Å². The van der Waals surface area contributed by atoms with Crippen molar-refractivity contribution in [1.29, 1.82) is 0 Å². The molecule has 0 bridgehead atoms. The van der Waals surface area contributed by atoms with Crippen molar-refractivity contribution in [3.63, 3.8) is 0 Å². The fourth-order valence-corrected chi connectivity index (χ4v) is 3.89. The van der Waals surface area contributed by atoms with Gasteiger partial charge in [0, 0.05) is 23.2 Å². The van der Waals surface area contributed by atoms with Crippen LogP contribution >= 0.6 is 11.6 Å². The summed E-state index contributed by atoms with van der Waals surface area (Å²) in [5, 5.41) is 12.3. The van der Waals surface area contributed by atoms with E-state index in [1.165, 1.54) is 30.3 Å². The highest BCUT2D eigenvalue weighted by Crippen LogP contribution is 2.48. The molecule has 3 aromatic rings. The van der Waals surface area contributed by atoms with Crippen molar-refractivity contribution < 1.29 is 23.8 Å². The molecule has 0 spiro atoms. The lowest BCUT2D eigenvalue weighted by atomic mass is 9.88. The Hall–Kier alpha value is -3.38. The Morgan fingerprint density at radius 3 is 2.47 bits per heavy atom. The fourth-order valence-electron chi connectivity index (χ4n) is 3.66. The van der Waals surface area contributed by atoms with E-state index in [-0.39, 0.29) is 17.3 Å². The Kier molecular flexibility index (Phi) is 5.18. The number of amides is 1. The van der Waals surface area contributed by atoms with Crippen LogP contribution in [0, 0.1) is 5.82 Å². The van der Waals surface area contributed by atoms with E-state index in [2.05, 4.69) is 5.32 Å². The van der Waals surface area contributed by atoms with Crippen LogP contribution in [0.3, 0.4) is 0 Å². The third-order valence-electron chi connectivity index (χ3n) is 5.15. The summed E-state index contributed by atoms with van der Waals surface area (Å²) < 4.78 is 19.4. The van der Waals surface area contributed by atoms with Gasteiger partial charge in [0.1, 0.15) is 23.6 Å². The summed E-state index contributed by atoms with van der Waals surface area (Å²) in [6.45, 7) is 0. The van der Waals surface area contributed by atoms with Crippen LogP contribution in [0.1, 0.15) is 33.5 Å². The third kappa shape index (κ3) is 3.50. The Labute approximate surface area is 177 Å². The quantitative estimate of drug-likeness (QED) is 0.629. The van der Waals surface area contributed by atoms with Gasteiger partial charge < -0.3 is 15.2 Å². The molecule has 1 amide bonds. The highest BCUT2D eigenvalue weighted by atomic mass is 35.5. The number of fused-ring (bicyclic) bond motifs is 1. The Bertz CT molecular complexity index is 1150. The first-order valence-corrected chi connectivity index (χ1v) is 9.57. The first kappa shape index (κ1) is 19.9. The molecule has 1 heterocycles. The Morgan fingerprint density at radius 1 is 1.07 bits per heavy atom. The zero-order chi connectivity index (χ0) is 21.4. The van der Waals surface area contributed by atoms with Gasteiger partial charge in [0.15, 0.2) is 0 Å². The number of likely N-dealkylation sites (N-methyl/N-ethyl adjacent to an activating group) is 1. The van der Waals surface area contributed by atoms with E-state index in [0.717, 1.165) is 0 Å². The monoisotopic (exact) mass is 425 g/mol. The lowest BCUT2D eigenvalue weighted by Crippen LogP contribution is -2.28. The standard InChI is InChI=1S/C23H17ClFNO4/c1-26-22(27)20-17-10-13(16-11-14(23(28)29)4-8-18(16)24)5-9-19(17)30-21(20)12-2-6-15(25)7-3-12/h2-11,20-21H,1H3,(H,26,27)(H,28,29). The number of carboxylic acids is 1. The van der Waals surface area contributed by atoms with E-state index in [0.29, 0.717) is 33.0 Å². The summed E-state index contributed by atoms with van der Waals surface area (Å²) in [7, 11) is 1.54. The molecule has 152 valence electrons. The number of carboxylic acid groups (broad SMARTS) is 1. The number of hydrogen-bond acceptors (Lipinski definition) is 3. The van der Waals surface area contributed by atoms with Gasteiger partial charge in [-0.2, -0.15) is 0 Å². The minimum atomic E-state index is -1.06. The van der Waals surface area contributed by atoms with E-state index in [9.17, 15) is 19.1 Å². The number of carbonyl (C=O) groups is 2. The van der Waals surface area contributed by atoms with Gasteiger partial charge in [-0.15, -0.1) is 0 Å². The van der Waals surface area contributed by atoms with Gasteiger partial charge in [-0.3, -0.25) is 4.79 Å². The molecule has 3 aromatic carbocycles. The fraction of sp³-hybridized carbons (Fsp3) is 0.130. The molecule has 0 aromatic heterocycles. The van der Waals surface area contributed by atoms with Crippen LogP contribution in [0.15, 0.2) is 60.7 Å². The highest BCUT2D eigenvalue weighted by molar-refractivity contribution is 6.33. The van der Waals surface area contributed by atoms with Gasteiger partial charge in [0.05, 0.1) is 5.56 Å². The molecule has 2 N–H and O–H groups in total. The molecule has 5 nitrogen and oxygen atoms in total. The molecule has 1 aliphatic rings. The maximum atomic E-state index is 13.4. The Morgan fingerprint density at radius 2 is 1.80 bits per heavy atom. The lowest BCUT2D eigenvalue weighted by Gasteiger charge is -2.18. The molecule has 7 heteroatoms. The summed E-state index contributed by atoms with van der Waals surface area (Å²) in [5.41, 5.74) is 2.64. The number of hydrogen-bond donors (Lipinski definition) is 2. The second-order valence-electron chi connectivity index (χ2n) is 6.93. The second kappa shape index (κ2) is 7.80. The van der Waals surface area contributed by atoms with E-state index < -0.39 is 18.0 Å². The molecule has 0 aliphatic carbocycles. The van der Waals surface area contributed by atoms with E-state index in [4.69, 9.17) is 16.3 Å². The van der Waals surface area contributed by atoms with Gasteiger partial charge >= 0.3 is 5.97 Å². The largest absolute Gasteiger partial charge is 0.484 e. The predicted octanol–water partition coefficient (Wildman–Crippen LogP) is 4.81. The average molecular weight is 426 g/mol. The molecular formula is C23H17ClFNO4. The first-order valence-electron chi connectivity index (χ1n) is 9.20. The number of halogens is 2. The van der Waals surface area contributed by atoms with Gasteiger partial charge in [0.25, 0.3) is 0 Å². The predicted molar refractivity (Wildman–Crippen MR) is 110 cm³/mol. The summed E-state index contributed by atoms with van der Waals surface area (Å²) in [6.07, 6.45) is -0.614. The molecule has 0 saturated heterocycles. The van der Waals surface area contributed by atoms with Crippen molar-refractivity contribution in [3.05, 3.63) is 88.2 Å². The van der Waals surface area contributed by atoms with Crippen LogP contribution in [0.25, 0.3) is 11.1 Å². The number of carbonyl (C=O) groups excluding carboxylic acids is 1. The topological polar surface area (TPSA) is 75.6 Å². The average Bonchev–Trinajstić information content (AvgIpc) is 3.12. The summed E-state index contributed by atoms with van der Waals surface area (Å²) in [4.78, 5) is 24.1. The summed E-state index contributed by atoms with van der Waals surface area (Å²) in [6, 6.07) is 15.6. The van der Waals surface area contributed by atoms with Crippen LogP contribution < -0.4 is 10.1 Å². The molecule has 4 rings (SSSR count). The summed E-state index contributed by atoms with van der Waals surface area (Å²) >= 11 is 6.31. The highest BCUT2D eigenvalue weighted by Gasteiger charge is 2.40. The molecule has 0 radical (unpaired) electrons. The molecule has 2 unspecified atom stereocenters. The first-order chi connectivity index (χ1) is 14.4. The number of ether oxygens (including phenoxy) is 1. The van der Waals surface area contributed by atoms with Crippen molar-refractivity contribution in [2.45, 2.75) is 12.0 Å². The summed E-state index contributed by atoms with van der Waals surface area (Å²) in [5.74, 6) is -1.80. The molecule has 0 saturated carbocycles. The number of rotatable bonds is 4. The van der Waals surface area contributed by atoms with Crippen LogP contribution in [-0.2, 0) is 4.79 Å². The van der Waals surface area contributed by atoms with Crippen LogP contribution in [0.4, 0.5) is 4.39 Å². The maximum Gasteiger partial charge on any atom is 0.335 e.